The molecule has 1 rings (SSSR count). The van der Waals surface area contributed by atoms with Crippen molar-refractivity contribution in [2.45, 2.75) is 32.4 Å². The number of likely N-dealkylation sites (N-methyl/N-ethyl adjacent to an activating group) is 1. The summed E-state index contributed by atoms with van der Waals surface area (Å²) < 4.78 is 4.99. The summed E-state index contributed by atoms with van der Waals surface area (Å²) in [5.74, 6) is 0.0118. The van der Waals surface area contributed by atoms with E-state index in [1.807, 2.05) is 30.3 Å². The Labute approximate surface area is 136 Å². The number of hydrogen-bond donors (Lipinski definition) is 1. The molecule has 0 aliphatic heterocycles. The minimum absolute atomic E-state index is 0.260. The number of ether oxygens (including phenoxy) is 1. The van der Waals surface area contributed by atoms with Crippen LogP contribution in [0.25, 0.3) is 0 Å². The van der Waals surface area contributed by atoms with Gasteiger partial charge in [-0.2, -0.15) is 0 Å². The number of halogens is 1. The first kappa shape index (κ1) is 18.5. The van der Waals surface area contributed by atoms with E-state index in [2.05, 4.69) is 10.5 Å². The minimum Gasteiger partial charge on any atom is -0.465 e. The zero-order chi connectivity index (χ0) is 16.2. The number of rotatable bonds is 10. The van der Waals surface area contributed by atoms with E-state index in [1.165, 1.54) is 0 Å². The fourth-order valence-corrected chi connectivity index (χ4v) is 2.03. The first-order valence-electron chi connectivity index (χ1n) is 7.32. The van der Waals surface area contributed by atoms with Crippen LogP contribution in [-0.4, -0.2) is 37.3 Å². The van der Waals surface area contributed by atoms with Crippen molar-refractivity contribution in [2.24, 2.45) is 5.16 Å². The van der Waals surface area contributed by atoms with Crippen LogP contribution in [0.15, 0.2) is 35.5 Å². The average Bonchev–Trinajstić information content (AvgIpc) is 2.55. The SMILES string of the molecule is CCOC(=O)[C@H](CCC(CCl)=NOCc1ccccc1)NC. The van der Waals surface area contributed by atoms with Crippen LogP contribution in [0.3, 0.4) is 0 Å². The second-order valence-electron chi connectivity index (χ2n) is 4.68. The molecule has 0 aliphatic rings. The van der Waals surface area contributed by atoms with Crippen molar-refractivity contribution in [3.8, 4) is 0 Å². The molecular formula is C16H23ClN2O3. The van der Waals surface area contributed by atoms with Crippen molar-refractivity contribution >= 4 is 23.3 Å². The van der Waals surface area contributed by atoms with Crippen molar-refractivity contribution in [3.05, 3.63) is 35.9 Å². The highest BCUT2D eigenvalue weighted by Gasteiger charge is 2.18. The van der Waals surface area contributed by atoms with Gasteiger partial charge in [0, 0.05) is 0 Å². The highest BCUT2D eigenvalue weighted by atomic mass is 35.5. The third-order valence-corrected chi connectivity index (χ3v) is 3.37. The molecule has 0 amide bonds. The van der Waals surface area contributed by atoms with Gasteiger partial charge in [0.25, 0.3) is 0 Å². The molecule has 22 heavy (non-hydrogen) atoms. The number of nitrogens with one attached hydrogen (secondary N) is 1. The van der Waals surface area contributed by atoms with Gasteiger partial charge in [-0.15, -0.1) is 11.6 Å². The molecule has 122 valence electrons. The van der Waals surface area contributed by atoms with Crippen molar-refractivity contribution in [1.82, 2.24) is 5.32 Å². The standard InChI is InChI=1S/C16H23ClN2O3/c1-3-21-16(20)15(18-2)10-9-14(11-17)19-22-12-13-7-5-4-6-8-13/h4-8,15,18H,3,9-12H2,1-2H3/t15-/m0/s1. The van der Waals surface area contributed by atoms with Gasteiger partial charge in [0.2, 0.25) is 0 Å². The quantitative estimate of drug-likeness (QED) is 0.311. The van der Waals surface area contributed by atoms with E-state index in [0.29, 0.717) is 31.8 Å². The Balaban J connectivity index is 2.42. The van der Waals surface area contributed by atoms with Gasteiger partial charge in [-0.25, -0.2) is 0 Å². The smallest absolute Gasteiger partial charge is 0.323 e. The molecular weight excluding hydrogens is 304 g/mol. The Kier molecular flexibility index (Phi) is 9.26. The highest BCUT2D eigenvalue weighted by Crippen LogP contribution is 2.06. The zero-order valence-corrected chi connectivity index (χ0v) is 13.8. The first-order chi connectivity index (χ1) is 10.7. The number of oxime groups is 1. The largest absolute Gasteiger partial charge is 0.465 e. The molecule has 0 bridgehead atoms. The van der Waals surface area contributed by atoms with Gasteiger partial charge in [-0.3, -0.25) is 4.79 Å². The van der Waals surface area contributed by atoms with Gasteiger partial charge >= 0.3 is 5.97 Å². The van der Waals surface area contributed by atoms with Crippen LogP contribution in [0.5, 0.6) is 0 Å². The van der Waals surface area contributed by atoms with Crippen LogP contribution in [0.4, 0.5) is 0 Å². The molecule has 0 radical (unpaired) electrons. The topological polar surface area (TPSA) is 59.9 Å². The Bertz CT molecular complexity index is 466. The summed E-state index contributed by atoms with van der Waals surface area (Å²) in [6.07, 6.45) is 1.14. The molecule has 0 aliphatic carbocycles. The lowest BCUT2D eigenvalue weighted by atomic mass is 10.1. The molecule has 0 aromatic heterocycles. The Morgan fingerprint density at radius 1 is 1.36 bits per heavy atom. The predicted octanol–water partition coefficient (Wildman–Crippen LogP) is 2.73. The molecule has 0 heterocycles. The molecule has 1 aromatic carbocycles. The summed E-state index contributed by atoms with van der Waals surface area (Å²) in [5, 5.41) is 6.99. The van der Waals surface area contributed by atoms with Crippen molar-refractivity contribution in [3.63, 3.8) is 0 Å². The highest BCUT2D eigenvalue weighted by molar-refractivity contribution is 6.28. The molecule has 1 atom stereocenters. The number of esters is 1. The lowest BCUT2D eigenvalue weighted by Crippen LogP contribution is -2.36. The Morgan fingerprint density at radius 2 is 2.09 bits per heavy atom. The lowest BCUT2D eigenvalue weighted by molar-refractivity contribution is -0.145. The van der Waals surface area contributed by atoms with Crippen LogP contribution < -0.4 is 5.32 Å². The fraction of sp³-hybridized carbons (Fsp3) is 0.500. The second kappa shape index (κ2) is 11.0. The maximum Gasteiger partial charge on any atom is 0.323 e. The summed E-state index contributed by atoms with van der Waals surface area (Å²) in [5.41, 5.74) is 1.75. The summed E-state index contributed by atoms with van der Waals surface area (Å²) in [4.78, 5) is 17.0. The molecule has 0 unspecified atom stereocenters. The van der Waals surface area contributed by atoms with Crippen LogP contribution in [0.1, 0.15) is 25.3 Å². The summed E-state index contributed by atoms with van der Waals surface area (Å²) >= 11 is 5.87. The van der Waals surface area contributed by atoms with Crippen LogP contribution in [0.2, 0.25) is 0 Å². The molecule has 0 fully saturated rings. The van der Waals surface area contributed by atoms with Gasteiger partial charge in [0.1, 0.15) is 12.6 Å². The van der Waals surface area contributed by atoms with E-state index in [9.17, 15) is 4.79 Å². The van der Waals surface area contributed by atoms with E-state index in [4.69, 9.17) is 21.2 Å². The summed E-state index contributed by atoms with van der Waals surface area (Å²) in [7, 11) is 1.73. The van der Waals surface area contributed by atoms with Gasteiger partial charge in [0.15, 0.2) is 0 Å². The molecule has 1 aromatic rings. The van der Waals surface area contributed by atoms with Gasteiger partial charge in [-0.1, -0.05) is 35.5 Å². The number of carbonyl (C=O) groups excluding carboxylic acids is 1. The first-order valence-corrected chi connectivity index (χ1v) is 7.86. The minimum atomic E-state index is -0.359. The predicted molar refractivity (Wildman–Crippen MR) is 88.1 cm³/mol. The second-order valence-corrected chi connectivity index (χ2v) is 4.95. The molecule has 0 saturated carbocycles. The average molecular weight is 327 g/mol. The fourth-order valence-electron chi connectivity index (χ4n) is 1.84. The summed E-state index contributed by atoms with van der Waals surface area (Å²) in [6, 6.07) is 9.41. The third-order valence-electron chi connectivity index (χ3n) is 3.06. The van der Waals surface area contributed by atoms with Crippen LogP contribution in [0, 0.1) is 0 Å². The van der Waals surface area contributed by atoms with E-state index in [0.717, 1.165) is 5.56 Å². The number of carbonyl (C=O) groups is 1. The van der Waals surface area contributed by atoms with Crippen molar-refractivity contribution in [1.29, 1.82) is 0 Å². The van der Waals surface area contributed by atoms with Crippen LogP contribution >= 0.6 is 11.6 Å². The number of hydrogen-bond acceptors (Lipinski definition) is 5. The monoisotopic (exact) mass is 326 g/mol. The molecule has 0 spiro atoms. The Morgan fingerprint density at radius 3 is 2.68 bits per heavy atom. The van der Waals surface area contributed by atoms with Gasteiger partial charge in [0.05, 0.1) is 18.2 Å². The molecule has 6 heteroatoms. The normalized spacial score (nSPS) is 12.8. The van der Waals surface area contributed by atoms with E-state index in [-0.39, 0.29) is 17.9 Å². The molecule has 5 nitrogen and oxygen atoms in total. The molecule has 0 saturated heterocycles. The third kappa shape index (κ3) is 6.91. The number of benzene rings is 1. The van der Waals surface area contributed by atoms with E-state index >= 15 is 0 Å². The van der Waals surface area contributed by atoms with Crippen molar-refractivity contribution in [2.75, 3.05) is 19.5 Å². The molecule has 1 N–H and O–H groups in total. The Hall–Kier alpha value is -1.59. The number of nitrogens with zero attached hydrogens (tertiary/aromatic N) is 1. The van der Waals surface area contributed by atoms with Gasteiger partial charge < -0.3 is 14.9 Å². The van der Waals surface area contributed by atoms with E-state index in [1.54, 1.807) is 14.0 Å². The number of alkyl halides is 1. The van der Waals surface area contributed by atoms with Crippen LogP contribution in [-0.2, 0) is 21.0 Å². The maximum absolute atomic E-state index is 11.7. The van der Waals surface area contributed by atoms with Gasteiger partial charge in [-0.05, 0) is 32.4 Å². The van der Waals surface area contributed by atoms with Crippen molar-refractivity contribution < 1.29 is 14.4 Å². The maximum atomic E-state index is 11.7. The lowest BCUT2D eigenvalue weighted by Gasteiger charge is -2.14. The zero-order valence-electron chi connectivity index (χ0n) is 13.0. The summed E-state index contributed by atoms with van der Waals surface area (Å²) in [6.45, 7) is 2.55. The van der Waals surface area contributed by atoms with E-state index < -0.39 is 0 Å².